The number of carbonyl (C=O) groups is 2. The van der Waals surface area contributed by atoms with Crippen LogP contribution in [-0.2, 0) is 14.9 Å². The van der Waals surface area contributed by atoms with Crippen molar-refractivity contribution in [3.63, 3.8) is 0 Å². The van der Waals surface area contributed by atoms with E-state index in [0.29, 0.717) is 0 Å². The zero-order valence-electron chi connectivity index (χ0n) is 9.51. The minimum absolute atomic E-state index is 0.129. The molecular weight excluding hydrogens is 300 g/mol. The number of amides is 1. The van der Waals surface area contributed by atoms with Gasteiger partial charge >= 0.3 is 22.3 Å². The highest BCUT2D eigenvalue weighted by atomic mass is 35.5. The first-order chi connectivity index (χ1) is 8.76. The molecule has 0 atom stereocenters. The first-order valence-corrected chi connectivity index (χ1v) is 6.53. The van der Waals surface area contributed by atoms with Crippen LogP contribution in [0.5, 0.6) is 0 Å². The molecule has 19 heavy (non-hydrogen) atoms. The zero-order chi connectivity index (χ0) is 14.6. The number of carboxylic acid groups (broad SMARTS) is 1. The zero-order valence-corrected chi connectivity index (χ0v) is 11.1. The Morgan fingerprint density at radius 1 is 1.37 bits per heavy atom. The average molecular weight is 309 g/mol. The molecule has 0 bridgehead atoms. The fraction of sp³-hybridized carbons (Fsp3) is 0.111. The monoisotopic (exact) mass is 308 g/mol. The van der Waals surface area contributed by atoms with Crippen LogP contribution >= 0.6 is 11.6 Å². The van der Waals surface area contributed by atoms with Gasteiger partial charge in [0.25, 0.3) is 0 Å². The van der Waals surface area contributed by atoms with E-state index < -0.39 is 22.3 Å². The van der Waals surface area contributed by atoms with E-state index in [2.05, 4.69) is 4.74 Å². The molecule has 0 saturated carbocycles. The minimum atomic E-state index is -4.35. The van der Waals surface area contributed by atoms with Crippen molar-refractivity contribution in [3.8, 4) is 0 Å². The lowest BCUT2D eigenvalue weighted by molar-refractivity contribution is 0.0698. The minimum Gasteiger partial charge on any atom is -0.478 e. The van der Waals surface area contributed by atoms with Gasteiger partial charge in [-0.1, -0.05) is 17.7 Å². The van der Waals surface area contributed by atoms with Gasteiger partial charge < -0.3 is 9.84 Å². The Kier molecular flexibility index (Phi) is 4.57. The van der Waals surface area contributed by atoms with E-state index >= 15 is 0 Å². The quantitative estimate of drug-likeness (QED) is 0.764. The maximum absolute atomic E-state index is 11.5. The molecule has 1 amide bonds. The lowest BCUT2D eigenvalue weighted by Crippen LogP contribution is -2.35. The maximum atomic E-state index is 11.5. The normalized spacial score (nSPS) is 10.6. The van der Waals surface area contributed by atoms with Crippen LogP contribution in [0.25, 0.3) is 0 Å². The van der Waals surface area contributed by atoms with Crippen LogP contribution in [0.2, 0.25) is 5.02 Å². The van der Waals surface area contributed by atoms with Crippen molar-refractivity contribution < 1.29 is 27.9 Å². The van der Waals surface area contributed by atoms with Gasteiger partial charge in [0.15, 0.2) is 0 Å². The summed E-state index contributed by atoms with van der Waals surface area (Å²) >= 11 is 5.72. The summed E-state index contributed by atoms with van der Waals surface area (Å²) in [5.41, 5.74) is -0.712. The molecular formula is C9H9ClN2O6S. The molecule has 0 radical (unpaired) electrons. The lowest BCUT2D eigenvalue weighted by atomic mass is 10.2. The Morgan fingerprint density at radius 3 is 2.53 bits per heavy atom. The number of hydrogen-bond acceptors (Lipinski definition) is 5. The number of hydrogen-bond donors (Lipinski definition) is 3. The van der Waals surface area contributed by atoms with Crippen LogP contribution in [0.15, 0.2) is 18.2 Å². The van der Waals surface area contributed by atoms with E-state index in [9.17, 15) is 18.0 Å². The fourth-order valence-electron chi connectivity index (χ4n) is 1.12. The largest absolute Gasteiger partial charge is 0.478 e. The van der Waals surface area contributed by atoms with E-state index in [1.807, 2.05) is 4.72 Å². The molecule has 0 unspecified atom stereocenters. The van der Waals surface area contributed by atoms with Gasteiger partial charge in [-0.3, -0.25) is 4.72 Å². The highest BCUT2D eigenvalue weighted by Gasteiger charge is 2.20. The number of carboxylic acids is 1. The number of carbonyl (C=O) groups excluding carboxylic acids is 1. The van der Waals surface area contributed by atoms with Gasteiger partial charge in [-0.15, -0.1) is 0 Å². The van der Waals surface area contributed by atoms with Crippen molar-refractivity contribution in [2.24, 2.45) is 0 Å². The molecule has 0 heterocycles. The fourth-order valence-corrected chi connectivity index (χ4v) is 2.24. The van der Waals surface area contributed by atoms with Crippen molar-refractivity contribution in [3.05, 3.63) is 28.8 Å². The molecule has 8 nitrogen and oxygen atoms in total. The van der Waals surface area contributed by atoms with Crippen molar-refractivity contribution in [1.82, 2.24) is 4.72 Å². The lowest BCUT2D eigenvalue weighted by Gasteiger charge is -2.12. The van der Waals surface area contributed by atoms with Gasteiger partial charge in [-0.25, -0.2) is 14.3 Å². The summed E-state index contributed by atoms with van der Waals surface area (Å²) in [7, 11) is -3.37. The van der Waals surface area contributed by atoms with E-state index in [0.717, 1.165) is 13.2 Å². The number of para-hydroxylation sites is 1. The van der Waals surface area contributed by atoms with Gasteiger partial charge in [-0.05, 0) is 12.1 Å². The summed E-state index contributed by atoms with van der Waals surface area (Å²) in [5, 5.41) is 8.78. The standard InChI is InChI=1S/C9H9ClN2O6S/c1-18-9(15)12-19(16,17)11-7-5(8(13)14)3-2-4-6(7)10/h2-4,11H,1H3,(H,12,15)(H,13,14). The number of ether oxygens (including phenoxy) is 1. The first-order valence-electron chi connectivity index (χ1n) is 4.67. The van der Waals surface area contributed by atoms with Crippen LogP contribution in [0.4, 0.5) is 10.5 Å². The van der Waals surface area contributed by atoms with E-state index in [4.69, 9.17) is 16.7 Å². The molecule has 0 aliphatic carbocycles. The highest BCUT2D eigenvalue weighted by Crippen LogP contribution is 2.26. The second-order valence-electron chi connectivity index (χ2n) is 3.17. The third-order valence-corrected chi connectivity index (χ3v) is 3.11. The summed E-state index contributed by atoms with van der Waals surface area (Å²) in [6, 6.07) is 3.80. The average Bonchev–Trinajstić information content (AvgIpc) is 2.30. The van der Waals surface area contributed by atoms with Crippen LogP contribution in [0, 0.1) is 0 Å². The van der Waals surface area contributed by atoms with Crippen LogP contribution in [0.1, 0.15) is 10.4 Å². The van der Waals surface area contributed by atoms with Crippen molar-refractivity contribution >= 4 is 39.6 Å². The number of halogens is 1. The SMILES string of the molecule is COC(=O)NS(=O)(=O)Nc1c(Cl)cccc1C(=O)O. The molecule has 10 heteroatoms. The number of anilines is 1. The predicted molar refractivity (Wildman–Crippen MR) is 66.5 cm³/mol. The summed E-state index contributed by atoms with van der Waals surface area (Å²) < 4.78 is 30.5. The van der Waals surface area contributed by atoms with Crippen molar-refractivity contribution in [2.75, 3.05) is 11.8 Å². The first kappa shape index (κ1) is 15.1. The molecule has 104 valence electrons. The maximum Gasteiger partial charge on any atom is 0.422 e. The Morgan fingerprint density at radius 2 is 2.00 bits per heavy atom. The number of methoxy groups -OCH3 is 1. The molecule has 1 aromatic carbocycles. The van der Waals surface area contributed by atoms with Crippen LogP contribution in [-0.4, -0.2) is 32.7 Å². The highest BCUT2D eigenvalue weighted by molar-refractivity contribution is 7.91. The molecule has 1 aromatic rings. The number of benzene rings is 1. The number of aromatic carboxylic acids is 1. The molecule has 1 rings (SSSR count). The molecule has 0 aliphatic rings. The Balaban J connectivity index is 3.12. The Hall–Kier alpha value is -2.00. The smallest absolute Gasteiger partial charge is 0.422 e. The van der Waals surface area contributed by atoms with E-state index in [-0.39, 0.29) is 16.3 Å². The summed E-state index contributed by atoms with van der Waals surface area (Å²) in [5.74, 6) is -1.38. The van der Waals surface area contributed by atoms with Crippen LogP contribution < -0.4 is 9.44 Å². The Bertz CT molecular complexity index is 615. The van der Waals surface area contributed by atoms with Crippen molar-refractivity contribution in [1.29, 1.82) is 0 Å². The second kappa shape index (κ2) is 5.76. The van der Waals surface area contributed by atoms with Gasteiger partial charge in [0, 0.05) is 0 Å². The van der Waals surface area contributed by atoms with Gasteiger partial charge in [0.2, 0.25) is 0 Å². The molecule has 0 saturated heterocycles. The van der Waals surface area contributed by atoms with Gasteiger partial charge in [0.05, 0.1) is 23.4 Å². The molecule has 0 aromatic heterocycles. The summed E-state index contributed by atoms with van der Waals surface area (Å²) in [4.78, 5) is 21.8. The van der Waals surface area contributed by atoms with E-state index in [1.165, 1.54) is 16.9 Å². The molecule has 3 N–H and O–H groups in total. The number of rotatable bonds is 4. The second-order valence-corrected chi connectivity index (χ2v) is 4.99. The summed E-state index contributed by atoms with van der Waals surface area (Å²) in [6.45, 7) is 0. The predicted octanol–water partition coefficient (Wildman–Crippen LogP) is 1.05. The molecule has 0 aliphatic heterocycles. The molecule has 0 fully saturated rings. The number of nitrogens with one attached hydrogen (secondary N) is 2. The van der Waals surface area contributed by atoms with Gasteiger partial charge in [0.1, 0.15) is 0 Å². The van der Waals surface area contributed by atoms with E-state index in [1.54, 1.807) is 0 Å². The van der Waals surface area contributed by atoms with Crippen LogP contribution in [0.3, 0.4) is 0 Å². The third kappa shape index (κ3) is 4.00. The Labute approximate surface area is 113 Å². The third-order valence-electron chi connectivity index (χ3n) is 1.88. The van der Waals surface area contributed by atoms with Gasteiger partial charge in [-0.2, -0.15) is 8.42 Å². The van der Waals surface area contributed by atoms with Crippen molar-refractivity contribution in [2.45, 2.75) is 0 Å². The topological polar surface area (TPSA) is 122 Å². The molecule has 0 spiro atoms. The summed E-state index contributed by atoms with van der Waals surface area (Å²) in [6.07, 6.45) is -1.23.